The van der Waals surface area contributed by atoms with Crippen molar-refractivity contribution in [1.82, 2.24) is 14.8 Å². The van der Waals surface area contributed by atoms with Crippen molar-refractivity contribution in [1.29, 1.82) is 0 Å². The van der Waals surface area contributed by atoms with Crippen LogP contribution in [0.4, 0.5) is 4.39 Å². The van der Waals surface area contributed by atoms with E-state index in [1.54, 1.807) is 18.0 Å². The van der Waals surface area contributed by atoms with Gasteiger partial charge < -0.3 is 4.74 Å². The first-order valence-corrected chi connectivity index (χ1v) is 8.12. The first kappa shape index (κ1) is 16.2. The maximum Gasteiger partial charge on any atom is 0.196 e. The standard InChI is InChI=1S/C17H14FN3O2S/c1-23-15-8-6-14(7-9-15)21-11-19-20-17(21)24-10-16(22)12-2-4-13(18)5-3-12/h2-9,11H,10H2,1H3. The van der Waals surface area contributed by atoms with E-state index in [4.69, 9.17) is 4.74 Å². The predicted molar refractivity (Wildman–Crippen MR) is 89.4 cm³/mol. The summed E-state index contributed by atoms with van der Waals surface area (Å²) in [5.41, 5.74) is 1.34. The minimum absolute atomic E-state index is 0.0933. The number of rotatable bonds is 6. The number of aromatic nitrogens is 3. The molecule has 1 aromatic heterocycles. The summed E-state index contributed by atoms with van der Waals surface area (Å²) < 4.78 is 19.8. The van der Waals surface area contributed by atoms with Crippen LogP contribution in [-0.4, -0.2) is 33.4 Å². The molecule has 3 rings (SSSR count). The molecule has 0 amide bonds. The van der Waals surface area contributed by atoms with Crippen LogP contribution in [0.2, 0.25) is 0 Å². The Morgan fingerprint density at radius 3 is 2.54 bits per heavy atom. The number of methoxy groups -OCH3 is 1. The molecular formula is C17H14FN3O2S. The zero-order chi connectivity index (χ0) is 16.9. The number of carbonyl (C=O) groups excluding carboxylic acids is 1. The summed E-state index contributed by atoms with van der Waals surface area (Å²) in [6.07, 6.45) is 1.59. The zero-order valence-electron chi connectivity index (χ0n) is 12.8. The summed E-state index contributed by atoms with van der Waals surface area (Å²) in [4.78, 5) is 12.2. The van der Waals surface area contributed by atoms with E-state index in [1.165, 1.54) is 36.0 Å². The van der Waals surface area contributed by atoms with E-state index in [0.29, 0.717) is 10.7 Å². The van der Waals surface area contributed by atoms with E-state index >= 15 is 0 Å². The Labute approximate surface area is 142 Å². The first-order chi connectivity index (χ1) is 11.7. The van der Waals surface area contributed by atoms with Crippen molar-refractivity contribution < 1.29 is 13.9 Å². The minimum atomic E-state index is -0.363. The third-order valence-corrected chi connectivity index (χ3v) is 4.31. The smallest absolute Gasteiger partial charge is 0.196 e. The fraction of sp³-hybridized carbons (Fsp3) is 0.118. The summed E-state index contributed by atoms with van der Waals surface area (Å²) in [7, 11) is 1.61. The normalized spacial score (nSPS) is 10.6. The van der Waals surface area contributed by atoms with E-state index in [0.717, 1.165) is 11.4 Å². The van der Waals surface area contributed by atoms with Gasteiger partial charge in [-0.1, -0.05) is 11.8 Å². The van der Waals surface area contributed by atoms with E-state index < -0.39 is 0 Å². The summed E-state index contributed by atoms with van der Waals surface area (Å²) in [6, 6.07) is 13.0. The van der Waals surface area contributed by atoms with Gasteiger partial charge in [-0.3, -0.25) is 9.36 Å². The monoisotopic (exact) mass is 343 g/mol. The second-order valence-electron chi connectivity index (χ2n) is 4.90. The molecule has 0 saturated heterocycles. The fourth-order valence-corrected chi connectivity index (χ4v) is 2.92. The molecule has 24 heavy (non-hydrogen) atoms. The fourth-order valence-electron chi connectivity index (χ4n) is 2.09. The molecule has 2 aromatic carbocycles. The molecule has 0 aliphatic carbocycles. The average molecular weight is 343 g/mol. The van der Waals surface area contributed by atoms with Gasteiger partial charge in [0.15, 0.2) is 10.9 Å². The highest BCUT2D eigenvalue weighted by atomic mass is 32.2. The van der Waals surface area contributed by atoms with Gasteiger partial charge in [-0.2, -0.15) is 0 Å². The lowest BCUT2D eigenvalue weighted by Crippen LogP contribution is -2.04. The maximum absolute atomic E-state index is 12.9. The van der Waals surface area contributed by atoms with Gasteiger partial charge in [0.1, 0.15) is 17.9 Å². The number of hydrogen-bond donors (Lipinski definition) is 0. The summed E-state index contributed by atoms with van der Waals surface area (Å²) >= 11 is 1.28. The number of Topliss-reactive ketones (excluding diaryl/α,β-unsaturated/α-hetero) is 1. The highest BCUT2D eigenvalue weighted by molar-refractivity contribution is 7.99. The molecule has 0 radical (unpaired) electrons. The molecule has 1 heterocycles. The Bertz CT molecular complexity index is 832. The number of hydrogen-bond acceptors (Lipinski definition) is 5. The van der Waals surface area contributed by atoms with Crippen molar-refractivity contribution in [3.8, 4) is 11.4 Å². The zero-order valence-corrected chi connectivity index (χ0v) is 13.7. The molecule has 0 bridgehead atoms. The Morgan fingerprint density at radius 2 is 1.88 bits per heavy atom. The van der Waals surface area contributed by atoms with E-state index in [1.807, 2.05) is 24.3 Å². The lowest BCUT2D eigenvalue weighted by molar-refractivity contribution is 0.102. The lowest BCUT2D eigenvalue weighted by Gasteiger charge is -2.07. The van der Waals surface area contributed by atoms with Crippen molar-refractivity contribution >= 4 is 17.5 Å². The lowest BCUT2D eigenvalue weighted by atomic mass is 10.1. The quantitative estimate of drug-likeness (QED) is 0.507. The SMILES string of the molecule is COc1ccc(-n2cnnc2SCC(=O)c2ccc(F)cc2)cc1. The van der Waals surface area contributed by atoms with Gasteiger partial charge in [0.25, 0.3) is 0 Å². The van der Waals surface area contributed by atoms with Crippen LogP contribution in [0, 0.1) is 5.82 Å². The van der Waals surface area contributed by atoms with Crippen LogP contribution < -0.4 is 4.74 Å². The maximum atomic E-state index is 12.9. The summed E-state index contributed by atoms with van der Waals surface area (Å²) in [5.74, 6) is 0.496. The van der Waals surface area contributed by atoms with Crippen LogP contribution in [-0.2, 0) is 0 Å². The number of thioether (sulfide) groups is 1. The van der Waals surface area contributed by atoms with Crippen LogP contribution in [0.3, 0.4) is 0 Å². The van der Waals surface area contributed by atoms with Gasteiger partial charge in [0.2, 0.25) is 0 Å². The molecule has 122 valence electrons. The first-order valence-electron chi connectivity index (χ1n) is 7.13. The van der Waals surface area contributed by atoms with Crippen molar-refractivity contribution in [2.75, 3.05) is 12.9 Å². The molecule has 0 N–H and O–H groups in total. The topological polar surface area (TPSA) is 57.0 Å². The van der Waals surface area contributed by atoms with Crippen LogP contribution in [0.1, 0.15) is 10.4 Å². The molecular weight excluding hydrogens is 329 g/mol. The van der Waals surface area contributed by atoms with E-state index in [2.05, 4.69) is 10.2 Å². The molecule has 7 heteroatoms. The van der Waals surface area contributed by atoms with Gasteiger partial charge in [0, 0.05) is 11.3 Å². The number of ketones is 1. The summed E-state index contributed by atoms with van der Waals surface area (Å²) in [6.45, 7) is 0. The van der Waals surface area contributed by atoms with Gasteiger partial charge in [-0.25, -0.2) is 4.39 Å². The van der Waals surface area contributed by atoms with Crippen molar-refractivity contribution in [2.45, 2.75) is 5.16 Å². The van der Waals surface area contributed by atoms with Crippen molar-refractivity contribution in [2.24, 2.45) is 0 Å². The molecule has 0 aliphatic rings. The highest BCUT2D eigenvalue weighted by Gasteiger charge is 2.12. The highest BCUT2D eigenvalue weighted by Crippen LogP contribution is 2.22. The average Bonchev–Trinajstić information content (AvgIpc) is 3.09. The predicted octanol–water partition coefficient (Wildman–Crippen LogP) is 3.39. The number of halogens is 1. The Kier molecular flexibility index (Phi) is 4.90. The van der Waals surface area contributed by atoms with Gasteiger partial charge in [-0.15, -0.1) is 10.2 Å². The van der Waals surface area contributed by atoms with Crippen LogP contribution >= 0.6 is 11.8 Å². The van der Waals surface area contributed by atoms with Crippen LogP contribution in [0.15, 0.2) is 60.0 Å². The second-order valence-corrected chi connectivity index (χ2v) is 5.84. The molecule has 0 unspecified atom stereocenters. The number of nitrogens with zero attached hydrogens (tertiary/aromatic N) is 3. The molecule has 0 atom stereocenters. The number of ether oxygens (including phenoxy) is 1. The summed E-state index contributed by atoms with van der Waals surface area (Å²) in [5, 5.41) is 8.56. The minimum Gasteiger partial charge on any atom is -0.497 e. The molecule has 0 aliphatic heterocycles. The van der Waals surface area contributed by atoms with E-state index in [-0.39, 0.29) is 17.4 Å². The molecule has 5 nitrogen and oxygen atoms in total. The number of carbonyl (C=O) groups is 1. The van der Waals surface area contributed by atoms with Crippen molar-refractivity contribution in [3.63, 3.8) is 0 Å². The molecule has 0 fully saturated rings. The Balaban J connectivity index is 1.71. The Morgan fingerprint density at radius 1 is 1.17 bits per heavy atom. The molecule has 3 aromatic rings. The van der Waals surface area contributed by atoms with Gasteiger partial charge in [0.05, 0.1) is 12.9 Å². The van der Waals surface area contributed by atoms with Gasteiger partial charge >= 0.3 is 0 Å². The third kappa shape index (κ3) is 3.62. The van der Waals surface area contributed by atoms with E-state index in [9.17, 15) is 9.18 Å². The Hall–Kier alpha value is -2.67. The largest absolute Gasteiger partial charge is 0.497 e. The third-order valence-electron chi connectivity index (χ3n) is 3.37. The van der Waals surface area contributed by atoms with Crippen LogP contribution in [0.25, 0.3) is 5.69 Å². The molecule has 0 saturated carbocycles. The number of benzene rings is 2. The van der Waals surface area contributed by atoms with Crippen LogP contribution in [0.5, 0.6) is 5.75 Å². The molecule has 0 spiro atoms. The second kappa shape index (κ2) is 7.27. The van der Waals surface area contributed by atoms with Crippen molar-refractivity contribution in [3.05, 3.63) is 66.2 Å². The van der Waals surface area contributed by atoms with Gasteiger partial charge in [-0.05, 0) is 48.5 Å².